The predicted molar refractivity (Wildman–Crippen MR) is 54.7 cm³/mol. The maximum atomic E-state index is 13.3. The molecule has 0 amide bonds. The molecular formula is C9H9BrFNO3. The second-order valence-corrected chi connectivity index (χ2v) is 3.16. The van der Waals surface area contributed by atoms with E-state index in [1.165, 1.54) is 14.2 Å². The van der Waals surface area contributed by atoms with Crippen LogP contribution in [0.3, 0.4) is 0 Å². The van der Waals surface area contributed by atoms with Gasteiger partial charge in [0.2, 0.25) is 5.88 Å². The average Bonchev–Trinajstić information content (AvgIpc) is 2.27. The molecule has 0 bridgehead atoms. The van der Waals surface area contributed by atoms with Gasteiger partial charge in [-0.2, -0.15) is 0 Å². The Kier molecular flexibility index (Phi) is 4.02. The highest BCUT2D eigenvalue weighted by Gasteiger charge is 2.18. The van der Waals surface area contributed by atoms with Gasteiger partial charge in [0.05, 0.1) is 19.9 Å². The average molecular weight is 278 g/mol. The monoisotopic (exact) mass is 277 g/mol. The van der Waals surface area contributed by atoms with Crippen LogP contribution in [0, 0.1) is 5.82 Å². The predicted octanol–water partition coefficient (Wildman–Crippen LogP) is 1.91. The first-order chi connectivity index (χ1) is 7.13. The lowest BCUT2D eigenvalue weighted by atomic mass is 10.2. The van der Waals surface area contributed by atoms with Crippen LogP contribution < -0.4 is 4.74 Å². The molecule has 0 unspecified atom stereocenters. The second-order valence-electron chi connectivity index (χ2n) is 2.60. The summed E-state index contributed by atoms with van der Waals surface area (Å²) in [5.41, 5.74) is 0.154. The van der Waals surface area contributed by atoms with E-state index >= 15 is 0 Å². The lowest BCUT2D eigenvalue weighted by Gasteiger charge is -2.07. The summed E-state index contributed by atoms with van der Waals surface area (Å²) in [5.74, 6) is -1.20. The van der Waals surface area contributed by atoms with Crippen molar-refractivity contribution in [1.82, 2.24) is 4.98 Å². The summed E-state index contributed by atoms with van der Waals surface area (Å²) in [5, 5.41) is 0.247. The summed E-state index contributed by atoms with van der Waals surface area (Å²) in [6, 6.07) is 1.05. The van der Waals surface area contributed by atoms with E-state index in [2.05, 4.69) is 25.7 Å². The molecule has 82 valence electrons. The van der Waals surface area contributed by atoms with Crippen molar-refractivity contribution >= 4 is 21.9 Å². The van der Waals surface area contributed by atoms with Gasteiger partial charge in [-0.25, -0.2) is 14.2 Å². The normalized spacial score (nSPS) is 9.87. The highest BCUT2D eigenvalue weighted by Crippen LogP contribution is 2.21. The molecule has 0 aliphatic rings. The zero-order valence-corrected chi connectivity index (χ0v) is 9.80. The molecule has 0 aliphatic heterocycles. The molecule has 4 nitrogen and oxygen atoms in total. The fourth-order valence-electron chi connectivity index (χ4n) is 1.01. The zero-order valence-electron chi connectivity index (χ0n) is 8.21. The Balaban J connectivity index is 3.27. The molecule has 0 N–H and O–H groups in total. The molecule has 15 heavy (non-hydrogen) atoms. The molecule has 0 radical (unpaired) electrons. The van der Waals surface area contributed by atoms with Crippen molar-refractivity contribution in [3.8, 4) is 5.88 Å². The number of nitrogens with zero attached hydrogens (tertiary/aromatic N) is 1. The Bertz CT molecular complexity index is 384. The third-order valence-corrected chi connectivity index (χ3v) is 2.27. The van der Waals surface area contributed by atoms with Crippen molar-refractivity contribution in [3.05, 3.63) is 23.1 Å². The van der Waals surface area contributed by atoms with Crippen LogP contribution in [-0.2, 0) is 10.1 Å². The van der Waals surface area contributed by atoms with Gasteiger partial charge in [-0.1, -0.05) is 15.9 Å². The third kappa shape index (κ3) is 2.44. The number of rotatable bonds is 3. The minimum Gasteiger partial charge on any atom is -0.480 e. The molecule has 6 heteroatoms. The quantitative estimate of drug-likeness (QED) is 0.626. The van der Waals surface area contributed by atoms with E-state index in [-0.39, 0.29) is 22.5 Å². The lowest BCUT2D eigenvalue weighted by molar-refractivity contribution is 0.0595. The topological polar surface area (TPSA) is 48.4 Å². The Morgan fingerprint density at radius 3 is 2.73 bits per heavy atom. The third-order valence-electron chi connectivity index (χ3n) is 1.74. The number of carbonyl (C=O) groups excluding carboxylic acids is 1. The first-order valence-corrected chi connectivity index (χ1v) is 5.13. The molecule has 0 atom stereocenters. The molecular weight excluding hydrogens is 269 g/mol. The van der Waals surface area contributed by atoms with Gasteiger partial charge in [0.1, 0.15) is 11.4 Å². The van der Waals surface area contributed by atoms with Crippen LogP contribution >= 0.6 is 15.9 Å². The van der Waals surface area contributed by atoms with Gasteiger partial charge in [0, 0.05) is 5.33 Å². The molecule has 0 fully saturated rings. The van der Waals surface area contributed by atoms with Crippen molar-refractivity contribution in [1.29, 1.82) is 0 Å². The number of ether oxygens (including phenoxy) is 2. The van der Waals surface area contributed by atoms with Gasteiger partial charge < -0.3 is 9.47 Å². The smallest absolute Gasteiger partial charge is 0.343 e. The first kappa shape index (κ1) is 11.9. The standard InChI is InChI=1S/C9H9BrFNO3/c1-14-8-5(9(13)15-2)3-6(11)7(4-10)12-8/h3H,4H2,1-2H3. The number of aromatic nitrogens is 1. The Morgan fingerprint density at radius 2 is 2.27 bits per heavy atom. The van der Waals surface area contributed by atoms with E-state index in [1.54, 1.807) is 0 Å². The molecule has 1 aromatic heterocycles. The minimum atomic E-state index is -0.681. The molecule has 0 saturated heterocycles. The van der Waals surface area contributed by atoms with Gasteiger partial charge in [-0.15, -0.1) is 0 Å². The summed E-state index contributed by atoms with van der Waals surface area (Å²) in [7, 11) is 2.56. The Morgan fingerprint density at radius 1 is 1.60 bits per heavy atom. The number of pyridine rings is 1. The van der Waals surface area contributed by atoms with Crippen molar-refractivity contribution < 1.29 is 18.7 Å². The van der Waals surface area contributed by atoms with E-state index < -0.39 is 11.8 Å². The fraction of sp³-hybridized carbons (Fsp3) is 0.333. The summed E-state index contributed by atoms with van der Waals surface area (Å²) in [6.07, 6.45) is 0. The Hall–Kier alpha value is -1.17. The maximum absolute atomic E-state index is 13.3. The fourth-order valence-corrected chi connectivity index (χ4v) is 1.41. The van der Waals surface area contributed by atoms with E-state index in [9.17, 15) is 9.18 Å². The molecule has 1 heterocycles. The number of carbonyl (C=O) groups is 1. The highest BCUT2D eigenvalue weighted by molar-refractivity contribution is 9.08. The SMILES string of the molecule is COC(=O)c1cc(F)c(CBr)nc1OC. The minimum absolute atomic E-state index is 0.0257. The van der Waals surface area contributed by atoms with Crippen molar-refractivity contribution in [3.63, 3.8) is 0 Å². The summed E-state index contributed by atoms with van der Waals surface area (Å²) in [4.78, 5) is 15.1. The summed E-state index contributed by atoms with van der Waals surface area (Å²) >= 11 is 3.08. The van der Waals surface area contributed by atoms with E-state index in [0.717, 1.165) is 6.07 Å². The van der Waals surface area contributed by atoms with Gasteiger partial charge in [-0.05, 0) is 6.07 Å². The number of esters is 1. The van der Waals surface area contributed by atoms with Crippen molar-refractivity contribution in [2.75, 3.05) is 14.2 Å². The molecule has 0 aromatic carbocycles. The van der Waals surface area contributed by atoms with Gasteiger partial charge >= 0.3 is 5.97 Å². The van der Waals surface area contributed by atoms with Gasteiger partial charge in [0.25, 0.3) is 0 Å². The number of halogens is 2. The van der Waals surface area contributed by atoms with Crippen LogP contribution in [0.25, 0.3) is 0 Å². The van der Waals surface area contributed by atoms with Gasteiger partial charge in [0.15, 0.2) is 0 Å². The number of alkyl halides is 1. The van der Waals surface area contributed by atoms with Crippen LogP contribution in [0.4, 0.5) is 4.39 Å². The second kappa shape index (κ2) is 5.06. The van der Waals surface area contributed by atoms with Crippen molar-refractivity contribution in [2.24, 2.45) is 0 Å². The van der Waals surface area contributed by atoms with Crippen LogP contribution in [0.1, 0.15) is 16.1 Å². The number of hydrogen-bond acceptors (Lipinski definition) is 4. The molecule has 0 aliphatic carbocycles. The van der Waals surface area contributed by atoms with E-state index in [4.69, 9.17) is 4.74 Å². The molecule has 1 rings (SSSR count). The maximum Gasteiger partial charge on any atom is 0.343 e. The Labute approximate surface area is 94.5 Å². The molecule has 0 spiro atoms. The first-order valence-electron chi connectivity index (χ1n) is 4.01. The van der Waals surface area contributed by atoms with Crippen LogP contribution in [0.5, 0.6) is 5.88 Å². The largest absolute Gasteiger partial charge is 0.480 e. The van der Waals surface area contributed by atoms with Crippen LogP contribution in [0.2, 0.25) is 0 Å². The lowest BCUT2D eigenvalue weighted by Crippen LogP contribution is -2.08. The number of methoxy groups -OCH3 is 2. The van der Waals surface area contributed by atoms with Gasteiger partial charge in [-0.3, -0.25) is 0 Å². The van der Waals surface area contributed by atoms with Crippen LogP contribution in [0.15, 0.2) is 6.07 Å². The van der Waals surface area contributed by atoms with Crippen LogP contribution in [-0.4, -0.2) is 25.2 Å². The number of hydrogen-bond donors (Lipinski definition) is 0. The summed E-state index contributed by atoms with van der Waals surface area (Å²) < 4.78 is 22.6. The summed E-state index contributed by atoms with van der Waals surface area (Å²) in [6.45, 7) is 0. The zero-order chi connectivity index (χ0) is 11.4. The van der Waals surface area contributed by atoms with E-state index in [0.29, 0.717) is 0 Å². The molecule has 0 saturated carbocycles. The van der Waals surface area contributed by atoms with Crippen molar-refractivity contribution in [2.45, 2.75) is 5.33 Å². The highest BCUT2D eigenvalue weighted by atomic mass is 79.9. The molecule has 1 aromatic rings. The van der Waals surface area contributed by atoms with E-state index in [1.807, 2.05) is 0 Å².